The highest BCUT2D eigenvalue weighted by molar-refractivity contribution is 8.13. The minimum absolute atomic E-state index is 0.223. The molecule has 0 bridgehead atoms. The molecule has 6 heteroatoms. The van der Waals surface area contributed by atoms with E-state index < -0.39 is 15.2 Å². The van der Waals surface area contributed by atoms with Crippen LogP contribution in [-0.2, 0) is 18.5 Å². The first-order chi connectivity index (χ1) is 4.99. The maximum atomic E-state index is 10.5. The second-order valence-electron chi connectivity index (χ2n) is 2.02. The van der Waals surface area contributed by atoms with Gasteiger partial charge < -0.3 is 9.47 Å². The van der Waals surface area contributed by atoms with Gasteiger partial charge in [0.05, 0.1) is 18.5 Å². The zero-order valence-corrected chi connectivity index (χ0v) is 7.98. The Labute approximate surface area is 70.9 Å². The fourth-order valence-electron chi connectivity index (χ4n) is 0.592. The Hall–Kier alpha value is 0.160. The standard InChI is InChI=1S/C5H11ClO4S/c1-9-3-5(10-2)4-11(6,7)8/h5H,3-4H2,1-2H3/t5-/m1/s1. The van der Waals surface area contributed by atoms with Crippen LogP contribution in [0.4, 0.5) is 0 Å². The van der Waals surface area contributed by atoms with Crippen molar-refractivity contribution < 1.29 is 17.9 Å². The van der Waals surface area contributed by atoms with E-state index in [1.54, 1.807) is 0 Å². The fourth-order valence-corrected chi connectivity index (χ4v) is 1.69. The lowest BCUT2D eigenvalue weighted by atomic mass is 10.4. The van der Waals surface area contributed by atoms with Gasteiger partial charge in [-0.2, -0.15) is 0 Å². The summed E-state index contributed by atoms with van der Waals surface area (Å²) in [6.45, 7) is 0.225. The summed E-state index contributed by atoms with van der Waals surface area (Å²) in [5.74, 6) is -0.223. The molecular weight excluding hydrogens is 192 g/mol. The van der Waals surface area contributed by atoms with Crippen molar-refractivity contribution in [3.05, 3.63) is 0 Å². The predicted octanol–water partition coefficient (Wildman–Crippen LogP) is 0.216. The van der Waals surface area contributed by atoms with E-state index in [-0.39, 0.29) is 12.4 Å². The van der Waals surface area contributed by atoms with Gasteiger partial charge in [0.2, 0.25) is 9.05 Å². The quantitative estimate of drug-likeness (QED) is 0.599. The molecule has 11 heavy (non-hydrogen) atoms. The highest BCUT2D eigenvalue weighted by Crippen LogP contribution is 2.02. The van der Waals surface area contributed by atoms with Crippen LogP contribution in [0, 0.1) is 0 Å². The first kappa shape index (κ1) is 11.2. The van der Waals surface area contributed by atoms with Gasteiger partial charge in [-0.1, -0.05) is 0 Å². The maximum Gasteiger partial charge on any atom is 0.235 e. The molecule has 0 saturated carbocycles. The van der Waals surface area contributed by atoms with Crippen LogP contribution >= 0.6 is 10.7 Å². The van der Waals surface area contributed by atoms with Crippen molar-refractivity contribution in [1.82, 2.24) is 0 Å². The largest absolute Gasteiger partial charge is 0.382 e. The zero-order valence-electron chi connectivity index (χ0n) is 6.41. The smallest absolute Gasteiger partial charge is 0.235 e. The van der Waals surface area contributed by atoms with E-state index >= 15 is 0 Å². The number of halogens is 1. The molecule has 0 radical (unpaired) electrons. The summed E-state index contributed by atoms with van der Waals surface area (Å²) in [5.41, 5.74) is 0. The fraction of sp³-hybridized carbons (Fsp3) is 1.00. The van der Waals surface area contributed by atoms with Crippen molar-refractivity contribution in [3.8, 4) is 0 Å². The van der Waals surface area contributed by atoms with Gasteiger partial charge in [0.25, 0.3) is 0 Å². The molecule has 0 rings (SSSR count). The number of rotatable bonds is 5. The molecule has 4 nitrogen and oxygen atoms in total. The average molecular weight is 203 g/mol. The molecule has 0 aliphatic carbocycles. The Balaban J connectivity index is 3.88. The molecule has 0 unspecified atom stereocenters. The number of hydrogen-bond donors (Lipinski definition) is 0. The lowest BCUT2D eigenvalue weighted by molar-refractivity contribution is 0.0422. The van der Waals surface area contributed by atoms with Crippen LogP contribution in [0.15, 0.2) is 0 Å². The van der Waals surface area contributed by atoms with E-state index in [9.17, 15) is 8.42 Å². The van der Waals surface area contributed by atoms with Crippen molar-refractivity contribution in [2.75, 3.05) is 26.6 Å². The average Bonchev–Trinajstić information content (AvgIpc) is 1.84. The van der Waals surface area contributed by atoms with Gasteiger partial charge in [-0.15, -0.1) is 0 Å². The van der Waals surface area contributed by atoms with Gasteiger partial charge in [-0.3, -0.25) is 0 Å². The molecule has 1 atom stereocenters. The van der Waals surface area contributed by atoms with E-state index in [2.05, 4.69) is 0 Å². The molecule has 0 aliphatic heterocycles. The Bertz CT molecular complexity index is 189. The third-order valence-electron chi connectivity index (χ3n) is 1.07. The minimum atomic E-state index is -3.49. The van der Waals surface area contributed by atoms with E-state index in [0.29, 0.717) is 0 Å². The monoisotopic (exact) mass is 202 g/mol. The van der Waals surface area contributed by atoms with Gasteiger partial charge in [-0.05, 0) is 0 Å². The summed E-state index contributed by atoms with van der Waals surface area (Å²) >= 11 is 0. The SMILES string of the molecule is COC[C@H](CS(=O)(=O)Cl)OC. The maximum absolute atomic E-state index is 10.5. The molecule has 0 N–H and O–H groups in total. The summed E-state index contributed by atoms with van der Waals surface area (Å²) < 4.78 is 30.5. The summed E-state index contributed by atoms with van der Waals surface area (Å²) in [4.78, 5) is 0. The van der Waals surface area contributed by atoms with Gasteiger partial charge in [0.15, 0.2) is 0 Å². The second-order valence-corrected chi connectivity index (χ2v) is 4.84. The molecular formula is C5H11ClO4S. The van der Waals surface area contributed by atoms with E-state index in [1.807, 2.05) is 0 Å². The Morgan fingerprint density at radius 1 is 1.45 bits per heavy atom. The van der Waals surface area contributed by atoms with Crippen molar-refractivity contribution >= 4 is 19.7 Å². The predicted molar refractivity (Wildman–Crippen MR) is 42.3 cm³/mol. The molecule has 0 spiro atoms. The highest BCUT2D eigenvalue weighted by Gasteiger charge is 2.15. The highest BCUT2D eigenvalue weighted by atomic mass is 35.7. The molecule has 0 fully saturated rings. The number of methoxy groups -OCH3 is 2. The summed E-state index contributed by atoms with van der Waals surface area (Å²) in [5, 5.41) is 0. The van der Waals surface area contributed by atoms with Crippen molar-refractivity contribution in [2.24, 2.45) is 0 Å². The number of hydrogen-bond acceptors (Lipinski definition) is 4. The van der Waals surface area contributed by atoms with Crippen LogP contribution in [-0.4, -0.2) is 41.1 Å². The first-order valence-corrected chi connectivity index (χ1v) is 5.41. The molecule has 0 aliphatic rings. The Kier molecular flexibility index (Phi) is 4.99. The van der Waals surface area contributed by atoms with Crippen LogP contribution in [0.5, 0.6) is 0 Å². The van der Waals surface area contributed by atoms with Crippen molar-refractivity contribution in [3.63, 3.8) is 0 Å². The molecule has 0 aromatic heterocycles. The van der Waals surface area contributed by atoms with Crippen molar-refractivity contribution in [1.29, 1.82) is 0 Å². The zero-order chi connectivity index (χ0) is 8.91. The normalized spacial score (nSPS) is 14.8. The van der Waals surface area contributed by atoms with Gasteiger partial charge in [0, 0.05) is 24.9 Å². The van der Waals surface area contributed by atoms with Crippen LogP contribution in [0.3, 0.4) is 0 Å². The molecule has 0 aromatic rings. The summed E-state index contributed by atoms with van der Waals surface area (Å²) in [7, 11) is 4.36. The molecule has 0 amide bonds. The number of ether oxygens (including phenoxy) is 2. The third-order valence-corrected chi connectivity index (χ3v) is 2.22. The Morgan fingerprint density at radius 3 is 2.27 bits per heavy atom. The van der Waals surface area contributed by atoms with Gasteiger partial charge in [0.1, 0.15) is 0 Å². The lowest BCUT2D eigenvalue weighted by Crippen LogP contribution is -2.24. The van der Waals surface area contributed by atoms with Gasteiger partial charge in [-0.25, -0.2) is 8.42 Å². The van der Waals surface area contributed by atoms with Crippen LogP contribution < -0.4 is 0 Å². The molecule has 0 saturated heterocycles. The third kappa shape index (κ3) is 6.55. The second kappa shape index (κ2) is 4.92. The Morgan fingerprint density at radius 2 is 2.00 bits per heavy atom. The molecule has 0 heterocycles. The summed E-state index contributed by atoms with van der Waals surface area (Å²) in [6, 6.07) is 0. The van der Waals surface area contributed by atoms with Gasteiger partial charge >= 0.3 is 0 Å². The molecule has 0 aromatic carbocycles. The first-order valence-electron chi connectivity index (χ1n) is 2.93. The van der Waals surface area contributed by atoms with Crippen LogP contribution in [0.2, 0.25) is 0 Å². The van der Waals surface area contributed by atoms with E-state index in [0.717, 1.165) is 0 Å². The van der Waals surface area contributed by atoms with E-state index in [1.165, 1.54) is 14.2 Å². The molecule has 68 valence electrons. The van der Waals surface area contributed by atoms with Crippen LogP contribution in [0.1, 0.15) is 0 Å². The van der Waals surface area contributed by atoms with Crippen molar-refractivity contribution in [2.45, 2.75) is 6.10 Å². The topological polar surface area (TPSA) is 52.6 Å². The summed E-state index contributed by atoms with van der Waals surface area (Å²) in [6.07, 6.45) is -0.484. The lowest BCUT2D eigenvalue weighted by Gasteiger charge is -2.11. The minimum Gasteiger partial charge on any atom is -0.382 e. The van der Waals surface area contributed by atoms with Crippen LogP contribution in [0.25, 0.3) is 0 Å². The van der Waals surface area contributed by atoms with E-state index in [4.69, 9.17) is 20.2 Å².